The van der Waals surface area contributed by atoms with Gasteiger partial charge >= 0.3 is 0 Å². The van der Waals surface area contributed by atoms with Crippen LogP contribution in [0.4, 0.5) is 5.69 Å². The van der Waals surface area contributed by atoms with Crippen molar-refractivity contribution in [2.45, 2.75) is 0 Å². The van der Waals surface area contributed by atoms with E-state index < -0.39 is 0 Å². The highest BCUT2D eigenvalue weighted by atomic mass is 79.9. The number of rotatable bonds is 1. The van der Waals surface area contributed by atoms with E-state index in [0.29, 0.717) is 5.69 Å². The SMILES string of the molecule is C=C1N=NC(=Nc2ccc(Br)cc2)NC1=O. The van der Waals surface area contributed by atoms with Gasteiger partial charge in [0.15, 0.2) is 0 Å². The van der Waals surface area contributed by atoms with E-state index in [2.05, 4.69) is 43.0 Å². The van der Waals surface area contributed by atoms with Crippen LogP contribution in [0, 0.1) is 0 Å². The molecule has 16 heavy (non-hydrogen) atoms. The highest BCUT2D eigenvalue weighted by molar-refractivity contribution is 9.10. The molecule has 1 amide bonds. The quantitative estimate of drug-likeness (QED) is 0.789. The second kappa shape index (κ2) is 4.36. The van der Waals surface area contributed by atoms with Gasteiger partial charge in [-0.2, -0.15) is 0 Å². The number of carbonyl (C=O) groups is 1. The molecule has 1 aliphatic heterocycles. The van der Waals surface area contributed by atoms with E-state index in [1.165, 1.54) is 0 Å². The molecular weight excluding hydrogens is 272 g/mol. The van der Waals surface area contributed by atoms with E-state index in [-0.39, 0.29) is 17.6 Å². The highest BCUT2D eigenvalue weighted by Gasteiger charge is 2.14. The molecule has 0 aromatic heterocycles. The van der Waals surface area contributed by atoms with Crippen LogP contribution in [-0.4, -0.2) is 11.9 Å². The summed E-state index contributed by atoms with van der Waals surface area (Å²) in [5.41, 5.74) is 0.764. The molecule has 1 N–H and O–H groups in total. The Morgan fingerprint density at radius 3 is 2.56 bits per heavy atom. The maximum absolute atomic E-state index is 11.2. The van der Waals surface area contributed by atoms with Crippen molar-refractivity contribution in [1.29, 1.82) is 0 Å². The number of hydrogen-bond acceptors (Lipinski definition) is 3. The van der Waals surface area contributed by atoms with Gasteiger partial charge in [-0.1, -0.05) is 22.5 Å². The van der Waals surface area contributed by atoms with Crippen molar-refractivity contribution < 1.29 is 4.79 Å². The summed E-state index contributed by atoms with van der Waals surface area (Å²) in [7, 11) is 0. The minimum Gasteiger partial charge on any atom is -0.288 e. The Hall–Kier alpha value is -1.82. The van der Waals surface area contributed by atoms with Gasteiger partial charge in [-0.25, -0.2) is 4.99 Å². The first-order chi connectivity index (χ1) is 7.65. The maximum Gasteiger partial charge on any atom is 0.277 e. The minimum atomic E-state index is -0.383. The topological polar surface area (TPSA) is 66.2 Å². The van der Waals surface area contributed by atoms with Crippen molar-refractivity contribution in [3.8, 4) is 0 Å². The fraction of sp³-hybridized carbons (Fsp3) is 0. The highest BCUT2D eigenvalue weighted by Crippen LogP contribution is 2.17. The lowest BCUT2D eigenvalue weighted by Crippen LogP contribution is -2.32. The summed E-state index contributed by atoms with van der Waals surface area (Å²) in [5.74, 6) is -0.217. The Balaban J connectivity index is 2.25. The van der Waals surface area contributed by atoms with Gasteiger partial charge in [0, 0.05) is 4.47 Å². The van der Waals surface area contributed by atoms with E-state index in [9.17, 15) is 4.79 Å². The predicted octanol–water partition coefficient (Wildman–Crippen LogP) is 2.53. The second-order valence-corrected chi connectivity index (χ2v) is 3.93. The van der Waals surface area contributed by atoms with Crippen LogP contribution in [0.5, 0.6) is 0 Å². The van der Waals surface area contributed by atoms with Crippen molar-refractivity contribution >= 4 is 33.5 Å². The standard InChI is InChI=1S/C10H7BrN4O/c1-6-9(16)13-10(15-14-6)12-8-4-2-7(11)3-5-8/h2-5H,1H2,(H,12,13,16). The lowest BCUT2D eigenvalue weighted by molar-refractivity contribution is -0.116. The molecule has 1 aliphatic rings. The lowest BCUT2D eigenvalue weighted by atomic mass is 10.3. The average molecular weight is 279 g/mol. The smallest absolute Gasteiger partial charge is 0.277 e. The third-order valence-electron chi connectivity index (χ3n) is 1.81. The number of halogens is 1. The van der Waals surface area contributed by atoms with E-state index in [1.807, 2.05) is 12.1 Å². The van der Waals surface area contributed by atoms with Gasteiger partial charge in [0.25, 0.3) is 5.91 Å². The molecule has 2 rings (SSSR count). The third kappa shape index (κ3) is 2.40. The molecule has 0 aliphatic carbocycles. The minimum absolute atomic E-state index is 0.0785. The van der Waals surface area contributed by atoms with Crippen LogP contribution in [0.25, 0.3) is 0 Å². The number of hydrogen-bond donors (Lipinski definition) is 1. The van der Waals surface area contributed by atoms with Gasteiger partial charge in [0.2, 0.25) is 5.96 Å². The number of azo groups is 1. The maximum atomic E-state index is 11.2. The largest absolute Gasteiger partial charge is 0.288 e. The fourth-order valence-corrected chi connectivity index (χ4v) is 1.30. The molecule has 0 unspecified atom stereocenters. The summed E-state index contributed by atoms with van der Waals surface area (Å²) in [4.78, 5) is 15.3. The van der Waals surface area contributed by atoms with Crippen molar-refractivity contribution in [3.05, 3.63) is 41.0 Å². The number of nitrogens with one attached hydrogen (secondary N) is 1. The molecule has 0 fully saturated rings. The summed E-state index contributed by atoms with van der Waals surface area (Å²) in [6.45, 7) is 3.41. The van der Waals surface area contributed by atoms with Crippen LogP contribution in [0.3, 0.4) is 0 Å². The van der Waals surface area contributed by atoms with Crippen LogP contribution in [0.15, 0.2) is 56.2 Å². The summed E-state index contributed by atoms with van der Waals surface area (Å²) in [5, 5.41) is 9.76. The van der Waals surface area contributed by atoms with Gasteiger partial charge in [-0.15, -0.1) is 10.2 Å². The number of carbonyl (C=O) groups excluding carboxylic acids is 1. The molecular formula is C10H7BrN4O. The van der Waals surface area contributed by atoms with Gasteiger partial charge in [0.1, 0.15) is 5.70 Å². The van der Waals surface area contributed by atoms with E-state index in [0.717, 1.165) is 4.47 Å². The Morgan fingerprint density at radius 2 is 1.94 bits per heavy atom. The number of aliphatic imine (C=N–C) groups is 1. The van der Waals surface area contributed by atoms with Crippen molar-refractivity contribution in [3.63, 3.8) is 0 Å². The molecule has 0 bridgehead atoms. The number of nitrogens with zero attached hydrogens (tertiary/aromatic N) is 3. The molecule has 1 heterocycles. The van der Waals surface area contributed by atoms with Crippen LogP contribution >= 0.6 is 15.9 Å². The van der Waals surface area contributed by atoms with Crippen LogP contribution in [-0.2, 0) is 4.79 Å². The summed E-state index contributed by atoms with van der Waals surface area (Å²) < 4.78 is 0.958. The molecule has 0 atom stereocenters. The molecule has 6 heteroatoms. The summed E-state index contributed by atoms with van der Waals surface area (Å²) >= 11 is 3.32. The van der Waals surface area contributed by atoms with Crippen molar-refractivity contribution in [2.24, 2.45) is 15.2 Å². The molecule has 1 aromatic rings. The number of benzene rings is 1. The monoisotopic (exact) mass is 278 g/mol. The van der Waals surface area contributed by atoms with Gasteiger partial charge in [-0.3, -0.25) is 10.1 Å². The molecule has 0 saturated heterocycles. The molecule has 0 radical (unpaired) electrons. The zero-order valence-corrected chi connectivity index (χ0v) is 9.73. The average Bonchev–Trinajstić information content (AvgIpc) is 2.27. The van der Waals surface area contributed by atoms with Crippen LogP contribution in [0.1, 0.15) is 0 Å². The Bertz CT molecular complexity index is 504. The summed E-state index contributed by atoms with van der Waals surface area (Å²) in [6, 6.07) is 7.28. The van der Waals surface area contributed by atoms with Crippen LogP contribution < -0.4 is 5.32 Å². The van der Waals surface area contributed by atoms with Crippen LogP contribution in [0.2, 0.25) is 0 Å². The van der Waals surface area contributed by atoms with Gasteiger partial charge < -0.3 is 0 Å². The summed E-state index contributed by atoms with van der Waals surface area (Å²) in [6.07, 6.45) is 0. The Morgan fingerprint density at radius 1 is 1.25 bits per heavy atom. The molecule has 1 aromatic carbocycles. The Labute approximate surface area is 100 Å². The fourth-order valence-electron chi connectivity index (χ4n) is 1.04. The van der Waals surface area contributed by atoms with E-state index >= 15 is 0 Å². The van der Waals surface area contributed by atoms with E-state index in [4.69, 9.17) is 0 Å². The first-order valence-electron chi connectivity index (χ1n) is 4.41. The molecule has 0 saturated carbocycles. The van der Waals surface area contributed by atoms with E-state index in [1.54, 1.807) is 12.1 Å². The lowest BCUT2D eigenvalue weighted by Gasteiger charge is -2.07. The normalized spacial score (nSPS) is 17.7. The van der Waals surface area contributed by atoms with Crippen molar-refractivity contribution in [1.82, 2.24) is 5.32 Å². The molecule has 0 spiro atoms. The zero-order chi connectivity index (χ0) is 11.5. The number of guanidine groups is 1. The third-order valence-corrected chi connectivity index (χ3v) is 2.34. The first-order valence-corrected chi connectivity index (χ1v) is 5.21. The molecule has 80 valence electrons. The molecule has 5 nitrogen and oxygen atoms in total. The Kier molecular flexibility index (Phi) is 2.91. The second-order valence-electron chi connectivity index (χ2n) is 3.01. The van der Waals surface area contributed by atoms with Gasteiger partial charge in [-0.05, 0) is 24.3 Å². The zero-order valence-electron chi connectivity index (χ0n) is 8.14. The van der Waals surface area contributed by atoms with Gasteiger partial charge in [0.05, 0.1) is 5.69 Å². The number of amides is 1. The first kappa shape index (κ1) is 10.7. The predicted molar refractivity (Wildman–Crippen MR) is 63.4 cm³/mol. The van der Waals surface area contributed by atoms with Crippen molar-refractivity contribution in [2.75, 3.05) is 0 Å².